The van der Waals surface area contributed by atoms with Crippen LogP contribution >= 0.6 is 23.1 Å². The summed E-state index contributed by atoms with van der Waals surface area (Å²) in [5.41, 5.74) is 5.32. The van der Waals surface area contributed by atoms with Crippen LogP contribution in [0.2, 0.25) is 0 Å². The number of aryl methyl sites for hydroxylation is 1. The number of aromatic nitrogens is 4. The minimum atomic E-state index is -2.79. The van der Waals surface area contributed by atoms with Crippen molar-refractivity contribution in [3.05, 3.63) is 59.4 Å². The smallest absolute Gasteiger partial charge is 0.228 e. The number of anilines is 3. The molecule has 4 aromatic rings. The Bertz CT molecular complexity index is 1840. The number of halogens is 1. The number of allylic oxidation sites excluding steroid dienone is 1. The van der Waals surface area contributed by atoms with Gasteiger partial charge in [-0.3, -0.25) is 14.6 Å². The van der Waals surface area contributed by atoms with Crippen molar-refractivity contribution >= 4 is 69.1 Å². The Labute approximate surface area is 270 Å². The molecule has 45 heavy (non-hydrogen) atoms. The molecule has 2 aromatic heterocycles. The van der Waals surface area contributed by atoms with Crippen molar-refractivity contribution in [1.29, 1.82) is 0 Å². The number of hydrogen-bond acceptors (Lipinski definition) is 9. The van der Waals surface area contributed by atoms with Gasteiger partial charge in [-0.25, -0.2) is 4.99 Å². The topological polar surface area (TPSA) is 142 Å². The standard InChI is InChI=1S/C31H37BrN9O3P/c1-19(32)30(37-24-8-7-23-28(35-12-11-34-23)29(24)45(5,6)43)39-31(33-2)38-25-15-22(20-17-36-40(3)18-20)26(16-27(25)44-4)41-13-9-21(42)10-14-41/h7-8,11-12,15-18,21,37,42H,2,9-10,13-14H2,1,3-6H3,(H,38,39)/b30-19+. The van der Waals surface area contributed by atoms with Gasteiger partial charge in [-0.05, 0) is 58.0 Å². The molecule has 0 spiro atoms. The van der Waals surface area contributed by atoms with E-state index in [0.717, 1.165) is 29.9 Å². The van der Waals surface area contributed by atoms with E-state index in [1.807, 2.05) is 50.6 Å². The fraction of sp³-hybridized carbons (Fsp3) is 0.323. The Kier molecular flexibility index (Phi) is 9.71. The molecule has 0 bridgehead atoms. The third kappa shape index (κ3) is 7.27. The van der Waals surface area contributed by atoms with E-state index in [4.69, 9.17) is 9.73 Å². The maximum Gasteiger partial charge on any atom is 0.228 e. The molecule has 5 rings (SSSR count). The Hall–Kier alpha value is -4.06. The number of guanidine groups is 1. The summed E-state index contributed by atoms with van der Waals surface area (Å²) in [6, 6.07) is 7.62. The predicted molar refractivity (Wildman–Crippen MR) is 187 cm³/mol. The molecular weight excluding hydrogens is 657 g/mol. The van der Waals surface area contributed by atoms with E-state index in [-0.39, 0.29) is 12.1 Å². The van der Waals surface area contributed by atoms with Crippen LogP contribution in [0.5, 0.6) is 5.75 Å². The number of piperidine rings is 1. The maximum atomic E-state index is 13.5. The largest absolute Gasteiger partial charge is 0.494 e. The second kappa shape index (κ2) is 13.5. The molecule has 1 aliphatic rings. The lowest BCUT2D eigenvalue weighted by Gasteiger charge is -2.33. The van der Waals surface area contributed by atoms with Gasteiger partial charge < -0.3 is 29.9 Å². The monoisotopic (exact) mass is 693 g/mol. The summed E-state index contributed by atoms with van der Waals surface area (Å²) in [5, 5.41) is 21.7. The van der Waals surface area contributed by atoms with Crippen LogP contribution in [0.25, 0.3) is 22.2 Å². The Morgan fingerprint density at radius 3 is 2.51 bits per heavy atom. The highest BCUT2D eigenvalue weighted by Gasteiger charge is 2.24. The van der Waals surface area contributed by atoms with E-state index >= 15 is 0 Å². The molecule has 0 aliphatic carbocycles. The molecule has 3 N–H and O–H groups in total. The van der Waals surface area contributed by atoms with Crippen molar-refractivity contribution in [2.75, 3.05) is 49.1 Å². The third-order valence-electron chi connectivity index (χ3n) is 7.48. The summed E-state index contributed by atoms with van der Waals surface area (Å²) in [5.74, 6) is 1.22. The summed E-state index contributed by atoms with van der Waals surface area (Å²) in [6.07, 6.45) is 8.07. The first-order chi connectivity index (χ1) is 21.5. The lowest BCUT2D eigenvalue weighted by atomic mass is 10.0. The normalized spacial score (nSPS) is 15.2. The van der Waals surface area contributed by atoms with Crippen molar-refractivity contribution in [3.8, 4) is 16.9 Å². The molecule has 0 atom stereocenters. The zero-order valence-electron chi connectivity index (χ0n) is 26.0. The zero-order chi connectivity index (χ0) is 32.3. The van der Waals surface area contributed by atoms with Gasteiger partial charge in [0, 0.05) is 66.1 Å². The lowest BCUT2D eigenvalue weighted by Crippen LogP contribution is -2.36. The molecule has 3 heterocycles. The molecule has 0 unspecified atom stereocenters. The molecule has 12 nitrogen and oxygen atoms in total. The molecular formula is C31H37BrN9O3P. The van der Waals surface area contributed by atoms with Crippen molar-refractivity contribution in [2.24, 2.45) is 17.0 Å². The first-order valence-corrected chi connectivity index (χ1v) is 17.8. The number of methoxy groups -OCH3 is 1. The van der Waals surface area contributed by atoms with Crippen molar-refractivity contribution in [2.45, 2.75) is 25.9 Å². The van der Waals surface area contributed by atoms with Gasteiger partial charge in [0.15, 0.2) is 0 Å². The average Bonchev–Trinajstić information content (AvgIpc) is 3.45. The van der Waals surface area contributed by atoms with E-state index < -0.39 is 7.14 Å². The molecule has 1 fully saturated rings. The van der Waals surface area contributed by atoms with Crippen LogP contribution in [0.15, 0.2) is 69.3 Å². The summed E-state index contributed by atoms with van der Waals surface area (Å²) in [4.78, 5) is 20.0. The molecule has 0 amide bonds. The number of fused-ring (bicyclic) bond motifs is 1. The summed E-state index contributed by atoms with van der Waals surface area (Å²) < 4.78 is 21.7. The number of aliphatic hydroxyl groups excluding tert-OH is 1. The highest BCUT2D eigenvalue weighted by molar-refractivity contribution is 9.11. The van der Waals surface area contributed by atoms with Gasteiger partial charge >= 0.3 is 0 Å². The highest BCUT2D eigenvalue weighted by Crippen LogP contribution is 2.42. The highest BCUT2D eigenvalue weighted by atomic mass is 79.9. The molecule has 1 saturated heterocycles. The Balaban J connectivity index is 1.54. The van der Waals surface area contributed by atoms with Crippen LogP contribution < -0.4 is 25.6 Å². The first kappa shape index (κ1) is 32.3. The first-order valence-electron chi connectivity index (χ1n) is 14.4. The number of benzene rings is 2. The molecule has 0 saturated carbocycles. The van der Waals surface area contributed by atoms with Crippen LogP contribution in [0, 0.1) is 0 Å². The zero-order valence-corrected chi connectivity index (χ0v) is 28.4. The second-order valence-corrected chi connectivity index (χ2v) is 15.5. The summed E-state index contributed by atoms with van der Waals surface area (Å²) >= 11 is 3.56. The third-order valence-corrected chi connectivity index (χ3v) is 9.39. The molecule has 0 radical (unpaired) electrons. The van der Waals surface area contributed by atoms with Gasteiger partial charge in [0.2, 0.25) is 5.96 Å². The van der Waals surface area contributed by atoms with Gasteiger partial charge in [0.25, 0.3) is 0 Å². The van der Waals surface area contributed by atoms with Gasteiger partial charge in [0.05, 0.1) is 41.6 Å². The van der Waals surface area contributed by atoms with Gasteiger partial charge in [0.1, 0.15) is 24.2 Å². The number of nitrogens with one attached hydrogen (secondary N) is 2. The van der Waals surface area contributed by atoms with Crippen LogP contribution in [0.1, 0.15) is 19.8 Å². The minimum Gasteiger partial charge on any atom is -0.494 e. The maximum absolute atomic E-state index is 13.5. The fourth-order valence-corrected chi connectivity index (χ4v) is 6.89. The van der Waals surface area contributed by atoms with E-state index in [9.17, 15) is 9.67 Å². The van der Waals surface area contributed by atoms with E-state index in [2.05, 4.69) is 58.2 Å². The molecule has 14 heteroatoms. The number of nitrogens with zero attached hydrogens (tertiary/aromatic N) is 7. The van der Waals surface area contributed by atoms with E-state index in [0.29, 0.717) is 56.6 Å². The SMILES string of the molecule is C=N/C(=N\C(Nc1ccc2nccnc2c1P(C)(C)=O)=C(/C)Br)Nc1cc(-c2cnn(C)c2)c(N2CCC(O)CC2)cc1OC. The predicted octanol–water partition coefficient (Wildman–Crippen LogP) is 5.41. The van der Waals surface area contributed by atoms with Crippen LogP contribution in [0.3, 0.4) is 0 Å². The lowest BCUT2D eigenvalue weighted by molar-refractivity contribution is 0.145. The average molecular weight is 695 g/mol. The molecule has 1 aliphatic heterocycles. The van der Waals surface area contributed by atoms with Crippen LogP contribution in [-0.4, -0.2) is 77.2 Å². The fourth-order valence-electron chi connectivity index (χ4n) is 5.31. The molecule has 2 aromatic carbocycles. The van der Waals surface area contributed by atoms with Crippen molar-refractivity contribution in [3.63, 3.8) is 0 Å². The van der Waals surface area contributed by atoms with Gasteiger partial charge in [-0.1, -0.05) is 15.9 Å². The quantitative estimate of drug-likeness (QED) is 0.125. The summed E-state index contributed by atoms with van der Waals surface area (Å²) in [7, 11) is 0.697. The van der Waals surface area contributed by atoms with E-state index in [1.54, 1.807) is 37.5 Å². The minimum absolute atomic E-state index is 0.207. The second-order valence-electron chi connectivity index (χ2n) is 11.2. The van der Waals surface area contributed by atoms with Crippen molar-refractivity contribution < 1.29 is 14.4 Å². The number of rotatable bonds is 8. The van der Waals surface area contributed by atoms with Gasteiger partial charge in [-0.15, -0.1) is 0 Å². The number of aliphatic hydroxyl groups is 1. The number of aliphatic imine (C=N–C) groups is 2. The van der Waals surface area contributed by atoms with Crippen LogP contribution in [0.4, 0.5) is 17.1 Å². The van der Waals surface area contributed by atoms with Crippen LogP contribution in [-0.2, 0) is 11.6 Å². The van der Waals surface area contributed by atoms with E-state index in [1.165, 1.54) is 0 Å². The Morgan fingerprint density at radius 2 is 1.89 bits per heavy atom. The number of ether oxygens (including phenoxy) is 1. The summed E-state index contributed by atoms with van der Waals surface area (Å²) in [6.45, 7) is 10.5. The molecule has 236 valence electrons. The van der Waals surface area contributed by atoms with Crippen molar-refractivity contribution in [1.82, 2.24) is 19.7 Å². The number of hydrogen-bond donors (Lipinski definition) is 3. The van der Waals surface area contributed by atoms with Gasteiger partial charge in [-0.2, -0.15) is 10.1 Å². The Morgan fingerprint density at radius 1 is 1.16 bits per heavy atom.